The zero-order chi connectivity index (χ0) is 17.1. The van der Waals surface area contributed by atoms with Crippen molar-refractivity contribution in [3.05, 3.63) is 68.7 Å². The molecule has 1 amide bonds. The molecule has 1 saturated heterocycles. The van der Waals surface area contributed by atoms with E-state index in [4.69, 9.17) is 0 Å². The number of aryl methyl sites for hydroxylation is 1. The first-order valence-corrected chi connectivity index (χ1v) is 7.86. The van der Waals surface area contributed by atoms with E-state index in [1.54, 1.807) is 17.0 Å². The molecule has 0 bridgehead atoms. The van der Waals surface area contributed by atoms with Gasteiger partial charge in [0.15, 0.2) is 0 Å². The predicted molar refractivity (Wildman–Crippen MR) is 86.3 cm³/mol. The van der Waals surface area contributed by atoms with Crippen LogP contribution in [0.5, 0.6) is 0 Å². The van der Waals surface area contributed by atoms with E-state index in [1.165, 1.54) is 29.0 Å². The Hall–Kier alpha value is -2.70. The minimum atomic E-state index is -0.513. The standard InChI is InChI=1S/C17H18FN3O3/c18-14-3-1-12(2-4-14)13-5-8-21(11-13)16(23)7-10-20-9-6-15(22)19-17(20)24/h1-4,6,9,13H,5,7-8,10-11H2,(H,19,22,24). The summed E-state index contributed by atoms with van der Waals surface area (Å²) in [6.07, 6.45) is 2.43. The third-order valence-corrected chi connectivity index (χ3v) is 4.35. The fourth-order valence-corrected chi connectivity index (χ4v) is 2.99. The zero-order valence-corrected chi connectivity index (χ0v) is 13.1. The second-order valence-corrected chi connectivity index (χ2v) is 5.93. The molecule has 126 valence electrons. The van der Waals surface area contributed by atoms with Crippen LogP contribution in [0.2, 0.25) is 0 Å². The van der Waals surface area contributed by atoms with Crippen LogP contribution >= 0.6 is 0 Å². The molecule has 1 fully saturated rings. The number of likely N-dealkylation sites (tertiary alicyclic amines) is 1. The Kier molecular flexibility index (Phi) is 4.59. The number of amides is 1. The topological polar surface area (TPSA) is 75.2 Å². The maximum absolute atomic E-state index is 13.0. The summed E-state index contributed by atoms with van der Waals surface area (Å²) in [4.78, 5) is 38.8. The third kappa shape index (κ3) is 3.61. The summed E-state index contributed by atoms with van der Waals surface area (Å²) in [6, 6.07) is 7.64. The van der Waals surface area contributed by atoms with E-state index >= 15 is 0 Å². The normalized spacial score (nSPS) is 17.2. The van der Waals surface area contributed by atoms with Gasteiger partial charge in [-0.3, -0.25) is 14.6 Å². The van der Waals surface area contributed by atoms with Crippen molar-refractivity contribution in [2.75, 3.05) is 13.1 Å². The number of aromatic nitrogens is 2. The largest absolute Gasteiger partial charge is 0.342 e. The first-order chi connectivity index (χ1) is 11.5. The van der Waals surface area contributed by atoms with Crippen molar-refractivity contribution >= 4 is 5.91 Å². The molecule has 1 atom stereocenters. The van der Waals surface area contributed by atoms with Crippen molar-refractivity contribution in [1.82, 2.24) is 14.5 Å². The SMILES string of the molecule is O=C(CCn1ccc(=O)[nH]c1=O)N1CCC(c2ccc(F)cc2)C1. The van der Waals surface area contributed by atoms with Gasteiger partial charge >= 0.3 is 5.69 Å². The first-order valence-electron chi connectivity index (χ1n) is 7.86. The number of H-pyrrole nitrogens is 1. The summed E-state index contributed by atoms with van der Waals surface area (Å²) in [5, 5.41) is 0. The number of carbonyl (C=O) groups is 1. The molecule has 0 saturated carbocycles. The molecule has 1 unspecified atom stereocenters. The Morgan fingerprint density at radius 1 is 1.21 bits per heavy atom. The molecule has 6 nitrogen and oxygen atoms in total. The van der Waals surface area contributed by atoms with Crippen molar-refractivity contribution in [3.63, 3.8) is 0 Å². The molecule has 1 aromatic carbocycles. The first kappa shape index (κ1) is 16.2. The van der Waals surface area contributed by atoms with Gasteiger partial charge in [-0.05, 0) is 24.1 Å². The molecule has 1 N–H and O–H groups in total. The molecular formula is C17H18FN3O3. The second-order valence-electron chi connectivity index (χ2n) is 5.93. The van der Waals surface area contributed by atoms with Gasteiger partial charge in [0.1, 0.15) is 5.82 Å². The lowest BCUT2D eigenvalue weighted by Crippen LogP contribution is -2.32. The van der Waals surface area contributed by atoms with Crippen molar-refractivity contribution in [2.45, 2.75) is 25.3 Å². The number of rotatable bonds is 4. The molecule has 2 heterocycles. The monoisotopic (exact) mass is 331 g/mol. The minimum absolute atomic E-state index is 0.0299. The van der Waals surface area contributed by atoms with Crippen molar-refractivity contribution in [1.29, 1.82) is 0 Å². The van der Waals surface area contributed by atoms with Crippen LogP contribution in [0.3, 0.4) is 0 Å². The van der Waals surface area contributed by atoms with Crippen LogP contribution in [0, 0.1) is 5.82 Å². The molecule has 1 aliphatic rings. The summed E-state index contributed by atoms with van der Waals surface area (Å²) < 4.78 is 14.3. The second kappa shape index (κ2) is 6.82. The summed E-state index contributed by atoms with van der Waals surface area (Å²) in [7, 11) is 0. The molecule has 0 spiro atoms. The highest BCUT2D eigenvalue weighted by Gasteiger charge is 2.27. The van der Waals surface area contributed by atoms with Gasteiger partial charge in [0, 0.05) is 44.2 Å². The van der Waals surface area contributed by atoms with Gasteiger partial charge in [0.25, 0.3) is 5.56 Å². The summed E-state index contributed by atoms with van der Waals surface area (Å²) in [5.74, 6) is -0.0842. The fraction of sp³-hybridized carbons (Fsp3) is 0.353. The molecule has 3 rings (SSSR count). The maximum atomic E-state index is 13.0. The number of nitrogens with one attached hydrogen (secondary N) is 1. The Morgan fingerprint density at radius 2 is 1.96 bits per heavy atom. The third-order valence-electron chi connectivity index (χ3n) is 4.35. The van der Waals surface area contributed by atoms with Gasteiger partial charge in [0.05, 0.1) is 0 Å². The van der Waals surface area contributed by atoms with Crippen LogP contribution in [0.25, 0.3) is 0 Å². The van der Waals surface area contributed by atoms with E-state index in [-0.39, 0.29) is 30.6 Å². The van der Waals surface area contributed by atoms with Gasteiger partial charge in [0.2, 0.25) is 5.91 Å². The summed E-state index contributed by atoms with van der Waals surface area (Å²) in [6.45, 7) is 1.48. The Balaban J connectivity index is 1.57. The highest BCUT2D eigenvalue weighted by molar-refractivity contribution is 5.76. The molecule has 7 heteroatoms. The lowest BCUT2D eigenvalue weighted by molar-refractivity contribution is -0.130. The van der Waals surface area contributed by atoms with Crippen LogP contribution in [-0.2, 0) is 11.3 Å². The van der Waals surface area contributed by atoms with Crippen molar-refractivity contribution < 1.29 is 9.18 Å². The number of hydrogen-bond acceptors (Lipinski definition) is 3. The molecule has 2 aromatic rings. The maximum Gasteiger partial charge on any atom is 0.328 e. The molecule has 24 heavy (non-hydrogen) atoms. The highest BCUT2D eigenvalue weighted by atomic mass is 19.1. The van der Waals surface area contributed by atoms with Crippen LogP contribution in [0.15, 0.2) is 46.1 Å². The number of benzene rings is 1. The minimum Gasteiger partial charge on any atom is -0.342 e. The van der Waals surface area contributed by atoms with Gasteiger partial charge in [-0.15, -0.1) is 0 Å². The molecule has 0 radical (unpaired) electrons. The van der Waals surface area contributed by atoms with E-state index in [1.807, 2.05) is 0 Å². The van der Waals surface area contributed by atoms with Gasteiger partial charge < -0.3 is 9.47 Å². The van der Waals surface area contributed by atoms with Crippen LogP contribution < -0.4 is 11.2 Å². The highest BCUT2D eigenvalue weighted by Crippen LogP contribution is 2.27. The molecular weight excluding hydrogens is 313 g/mol. The molecule has 0 aliphatic carbocycles. The van der Waals surface area contributed by atoms with Crippen LogP contribution in [0.4, 0.5) is 4.39 Å². The fourth-order valence-electron chi connectivity index (χ4n) is 2.99. The number of carbonyl (C=O) groups excluding carboxylic acids is 1. The molecule has 1 aromatic heterocycles. The average Bonchev–Trinajstić information content (AvgIpc) is 3.04. The van der Waals surface area contributed by atoms with Crippen molar-refractivity contribution in [2.24, 2.45) is 0 Å². The number of halogens is 1. The lowest BCUT2D eigenvalue weighted by atomic mass is 9.99. The smallest absolute Gasteiger partial charge is 0.328 e. The van der Waals surface area contributed by atoms with E-state index in [0.717, 1.165) is 12.0 Å². The Bertz CT molecular complexity index is 841. The van der Waals surface area contributed by atoms with E-state index < -0.39 is 11.2 Å². The van der Waals surface area contributed by atoms with Crippen LogP contribution in [-0.4, -0.2) is 33.4 Å². The van der Waals surface area contributed by atoms with E-state index in [9.17, 15) is 18.8 Å². The van der Waals surface area contributed by atoms with E-state index in [0.29, 0.717) is 13.1 Å². The summed E-state index contributed by atoms with van der Waals surface area (Å²) >= 11 is 0. The zero-order valence-electron chi connectivity index (χ0n) is 13.1. The van der Waals surface area contributed by atoms with Gasteiger partial charge in [-0.1, -0.05) is 12.1 Å². The van der Waals surface area contributed by atoms with Crippen molar-refractivity contribution in [3.8, 4) is 0 Å². The van der Waals surface area contributed by atoms with Crippen LogP contribution in [0.1, 0.15) is 24.3 Å². The number of aromatic amines is 1. The number of nitrogens with zero attached hydrogens (tertiary/aromatic N) is 2. The van der Waals surface area contributed by atoms with Gasteiger partial charge in [-0.25, -0.2) is 9.18 Å². The lowest BCUT2D eigenvalue weighted by Gasteiger charge is -2.17. The van der Waals surface area contributed by atoms with Gasteiger partial charge in [-0.2, -0.15) is 0 Å². The Morgan fingerprint density at radius 3 is 2.67 bits per heavy atom. The molecule has 1 aliphatic heterocycles. The Labute approximate surface area is 137 Å². The predicted octanol–water partition coefficient (Wildman–Crippen LogP) is 1.08. The van der Waals surface area contributed by atoms with E-state index in [2.05, 4.69) is 4.98 Å². The summed E-state index contributed by atoms with van der Waals surface area (Å²) in [5.41, 5.74) is 0.0636. The average molecular weight is 331 g/mol. The quantitative estimate of drug-likeness (QED) is 0.911. The number of hydrogen-bond donors (Lipinski definition) is 1.